The normalized spacial score (nSPS) is 14.5. The Labute approximate surface area is 221 Å². The average molecular weight is 536 g/mol. The maximum absolute atomic E-state index is 15.0. The van der Waals surface area contributed by atoms with Crippen LogP contribution in [0.3, 0.4) is 0 Å². The minimum absolute atomic E-state index is 0.0304. The fraction of sp³-hybridized carbons (Fsp3) is 0.259. The molecule has 1 fully saturated rings. The monoisotopic (exact) mass is 535 g/mol. The molecule has 1 aliphatic carbocycles. The molecule has 2 aliphatic rings. The highest BCUT2D eigenvalue weighted by atomic mass is 35.5. The fourth-order valence-corrected chi connectivity index (χ4v) is 5.69. The third kappa shape index (κ3) is 3.63. The highest BCUT2D eigenvalue weighted by Crippen LogP contribution is 2.51. The first-order chi connectivity index (χ1) is 18.3. The van der Waals surface area contributed by atoms with Gasteiger partial charge in [0.25, 0.3) is 0 Å². The smallest absolute Gasteiger partial charge is 0.341 e. The Hall–Kier alpha value is -4.02. The number of fused-ring (bicyclic) bond motifs is 4. The summed E-state index contributed by atoms with van der Waals surface area (Å²) in [6, 6.07) is 3.04. The number of halogens is 2. The Kier molecular flexibility index (Phi) is 5.81. The molecule has 194 valence electrons. The van der Waals surface area contributed by atoms with Gasteiger partial charge in [-0.2, -0.15) is 0 Å². The van der Waals surface area contributed by atoms with Crippen molar-refractivity contribution in [3.05, 3.63) is 68.6 Å². The first kappa shape index (κ1) is 24.3. The average Bonchev–Trinajstić information content (AvgIpc) is 3.32. The Morgan fingerprint density at radius 3 is 2.66 bits per heavy atom. The maximum atomic E-state index is 15.0. The SMILES string of the molecule is CNc1cc(F)c(Cl)c2c1Cc1ncc(-c3cnc4c(c3)c(=O)c(C(=O)O)cn4C)c(N3CCOCC3)c1-2. The molecular weight excluding hydrogens is 513 g/mol. The molecule has 0 bridgehead atoms. The van der Waals surface area contributed by atoms with Crippen LogP contribution in [-0.4, -0.2) is 59.0 Å². The number of aromatic nitrogens is 3. The number of nitrogens with zero attached hydrogens (tertiary/aromatic N) is 4. The summed E-state index contributed by atoms with van der Waals surface area (Å²) in [5, 5.41) is 12.8. The number of morpholine rings is 1. The van der Waals surface area contributed by atoms with Crippen LogP contribution in [0.4, 0.5) is 15.8 Å². The fourth-order valence-electron chi connectivity index (χ4n) is 5.43. The van der Waals surface area contributed by atoms with Gasteiger partial charge in [-0.15, -0.1) is 0 Å². The summed E-state index contributed by atoms with van der Waals surface area (Å²) in [6.45, 7) is 2.22. The second-order valence-electron chi connectivity index (χ2n) is 9.32. The van der Waals surface area contributed by atoms with Crippen LogP contribution in [0.15, 0.2) is 35.5 Å². The van der Waals surface area contributed by atoms with E-state index in [9.17, 15) is 19.1 Å². The zero-order valence-corrected chi connectivity index (χ0v) is 21.4. The summed E-state index contributed by atoms with van der Waals surface area (Å²) in [5.74, 6) is -1.84. The molecule has 1 aromatic carbocycles. The largest absolute Gasteiger partial charge is 0.477 e. The standard InChI is InChI=1S/C27H23ClFN5O4/c1-30-19-9-18(29)23(28)21-14(19)8-20-22(21)24(34-3-5-38-6-4-34)16(11-31-20)13-7-15-25(35)17(27(36)37)12-33(2)26(15)32-10-13/h7,9-12,30H,3-6,8H2,1-2H3,(H,36,37). The molecule has 0 unspecified atom stereocenters. The van der Waals surface area contributed by atoms with Crippen LogP contribution < -0.4 is 15.6 Å². The van der Waals surface area contributed by atoms with Crippen LogP contribution in [0.5, 0.6) is 0 Å². The van der Waals surface area contributed by atoms with E-state index in [0.717, 1.165) is 22.5 Å². The number of hydrogen-bond acceptors (Lipinski definition) is 7. The number of aromatic carboxylic acids is 1. The van der Waals surface area contributed by atoms with Gasteiger partial charge < -0.3 is 24.6 Å². The van der Waals surface area contributed by atoms with E-state index in [1.807, 2.05) is 0 Å². The van der Waals surface area contributed by atoms with E-state index in [1.165, 1.54) is 16.8 Å². The molecular formula is C27H23ClFN5O4. The molecule has 0 radical (unpaired) electrons. The Bertz CT molecular complexity index is 1720. The van der Waals surface area contributed by atoms with Crippen molar-refractivity contribution in [2.45, 2.75) is 6.42 Å². The van der Waals surface area contributed by atoms with Gasteiger partial charge in [0.1, 0.15) is 17.0 Å². The lowest BCUT2D eigenvalue weighted by atomic mass is 9.97. The van der Waals surface area contributed by atoms with Crippen LogP contribution >= 0.6 is 11.6 Å². The Balaban J connectivity index is 1.66. The maximum Gasteiger partial charge on any atom is 0.341 e. The van der Waals surface area contributed by atoms with E-state index in [2.05, 4.69) is 15.2 Å². The molecule has 11 heteroatoms. The van der Waals surface area contributed by atoms with Crippen molar-refractivity contribution >= 4 is 40.0 Å². The summed E-state index contributed by atoms with van der Waals surface area (Å²) in [6.07, 6.45) is 5.12. The molecule has 6 rings (SSSR count). The van der Waals surface area contributed by atoms with E-state index in [4.69, 9.17) is 21.3 Å². The number of rotatable bonds is 4. The molecule has 38 heavy (non-hydrogen) atoms. The van der Waals surface area contributed by atoms with Gasteiger partial charge in [0.2, 0.25) is 5.43 Å². The molecule has 3 aromatic heterocycles. The van der Waals surface area contributed by atoms with Crippen LogP contribution in [-0.2, 0) is 18.2 Å². The van der Waals surface area contributed by atoms with E-state index < -0.39 is 17.2 Å². The quantitative estimate of drug-likeness (QED) is 0.356. The zero-order valence-electron chi connectivity index (χ0n) is 20.6. The minimum Gasteiger partial charge on any atom is -0.477 e. The second-order valence-corrected chi connectivity index (χ2v) is 9.70. The number of carboxylic acids is 1. The lowest BCUT2D eigenvalue weighted by Gasteiger charge is -2.32. The lowest BCUT2D eigenvalue weighted by Crippen LogP contribution is -2.37. The van der Waals surface area contributed by atoms with E-state index in [-0.39, 0.29) is 16.0 Å². The summed E-state index contributed by atoms with van der Waals surface area (Å²) in [5.41, 5.74) is 5.10. The van der Waals surface area contributed by atoms with Crippen LogP contribution in [0.2, 0.25) is 5.02 Å². The number of pyridine rings is 3. The van der Waals surface area contributed by atoms with E-state index in [0.29, 0.717) is 60.7 Å². The molecule has 0 saturated carbocycles. The Morgan fingerprint density at radius 1 is 1.18 bits per heavy atom. The van der Waals surface area contributed by atoms with Gasteiger partial charge in [0.05, 0.1) is 35.0 Å². The number of anilines is 2. The van der Waals surface area contributed by atoms with Crippen LogP contribution in [0.1, 0.15) is 21.6 Å². The Morgan fingerprint density at radius 2 is 1.95 bits per heavy atom. The highest BCUT2D eigenvalue weighted by molar-refractivity contribution is 6.34. The number of hydrogen-bond donors (Lipinski definition) is 2. The summed E-state index contributed by atoms with van der Waals surface area (Å²) in [7, 11) is 3.38. The third-order valence-corrected chi connectivity index (χ3v) is 7.57. The van der Waals surface area contributed by atoms with Crippen molar-refractivity contribution in [2.75, 3.05) is 43.6 Å². The summed E-state index contributed by atoms with van der Waals surface area (Å²) >= 11 is 6.58. The van der Waals surface area contributed by atoms with Crippen molar-refractivity contribution < 1.29 is 19.0 Å². The number of carbonyl (C=O) groups is 1. The van der Waals surface area contributed by atoms with Crippen molar-refractivity contribution in [2.24, 2.45) is 7.05 Å². The van der Waals surface area contributed by atoms with Gasteiger partial charge in [0.15, 0.2) is 0 Å². The lowest BCUT2D eigenvalue weighted by molar-refractivity contribution is 0.0695. The number of aryl methyl sites for hydroxylation is 1. The van der Waals surface area contributed by atoms with E-state index in [1.54, 1.807) is 32.6 Å². The number of carboxylic acid groups (broad SMARTS) is 1. The molecule has 4 aromatic rings. The summed E-state index contributed by atoms with van der Waals surface area (Å²) < 4.78 is 22.1. The predicted molar refractivity (Wildman–Crippen MR) is 143 cm³/mol. The number of benzene rings is 1. The van der Waals surface area contributed by atoms with Crippen molar-refractivity contribution in [1.29, 1.82) is 0 Å². The zero-order chi connectivity index (χ0) is 26.7. The molecule has 1 saturated heterocycles. The second kappa shape index (κ2) is 9.07. The van der Waals surface area contributed by atoms with Gasteiger partial charge in [0, 0.05) is 80.1 Å². The first-order valence-corrected chi connectivity index (χ1v) is 12.4. The third-order valence-electron chi connectivity index (χ3n) is 7.20. The first-order valence-electron chi connectivity index (χ1n) is 12.1. The van der Waals surface area contributed by atoms with Crippen LogP contribution in [0.25, 0.3) is 33.3 Å². The van der Waals surface area contributed by atoms with Crippen molar-refractivity contribution in [3.8, 4) is 22.3 Å². The summed E-state index contributed by atoms with van der Waals surface area (Å²) in [4.78, 5) is 36.1. The highest BCUT2D eigenvalue weighted by Gasteiger charge is 2.33. The number of ether oxygens (including phenoxy) is 1. The minimum atomic E-state index is -1.31. The number of nitrogens with one attached hydrogen (secondary N) is 1. The van der Waals surface area contributed by atoms with E-state index >= 15 is 0 Å². The van der Waals surface area contributed by atoms with Gasteiger partial charge in [-0.25, -0.2) is 14.2 Å². The van der Waals surface area contributed by atoms with Gasteiger partial charge in [-0.05, 0) is 17.7 Å². The molecule has 2 N–H and O–H groups in total. The molecule has 9 nitrogen and oxygen atoms in total. The predicted octanol–water partition coefficient (Wildman–Crippen LogP) is 3.94. The molecule has 0 spiro atoms. The molecule has 0 amide bonds. The van der Waals surface area contributed by atoms with Crippen molar-refractivity contribution in [3.63, 3.8) is 0 Å². The van der Waals surface area contributed by atoms with Gasteiger partial charge in [-0.3, -0.25) is 9.78 Å². The van der Waals surface area contributed by atoms with Crippen LogP contribution in [0, 0.1) is 5.82 Å². The molecule has 4 heterocycles. The topological polar surface area (TPSA) is 110 Å². The van der Waals surface area contributed by atoms with Gasteiger partial charge in [-0.1, -0.05) is 11.6 Å². The van der Waals surface area contributed by atoms with Gasteiger partial charge >= 0.3 is 5.97 Å². The molecule has 0 atom stereocenters. The molecule has 1 aliphatic heterocycles. The van der Waals surface area contributed by atoms with Crippen molar-refractivity contribution in [1.82, 2.24) is 14.5 Å².